The summed E-state index contributed by atoms with van der Waals surface area (Å²) in [6.07, 6.45) is 2.00. The SMILES string of the molecule is [2H]C1([2H])CCCC1([2H])c1ccc2c(n1)oc1c(-c3cccc[n+]3C)c(C)ccc12. The van der Waals surface area contributed by atoms with Crippen LogP contribution in [0.25, 0.3) is 33.3 Å². The molecule has 1 unspecified atom stereocenters. The molecule has 1 atom stereocenters. The molecule has 1 aromatic carbocycles. The van der Waals surface area contributed by atoms with Crippen LogP contribution in [0.4, 0.5) is 0 Å². The van der Waals surface area contributed by atoms with Gasteiger partial charge in [0, 0.05) is 38.6 Å². The van der Waals surface area contributed by atoms with E-state index in [1.165, 1.54) is 0 Å². The monoisotopic (exact) mass is 346 g/mol. The van der Waals surface area contributed by atoms with Crippen LogP contribution in [0.15, 0.2) is 53.1 Å². The minimum Gasteiger partial charge on any atom is -0.437 e. The van der Waals surface area contributed by atoms with Gasteiger partial charge in [-0.15, -0.1) is 0 Å². The Labute approximate surface area is 157 Å². The first kappa shape index (κ1) is 12.6. The molecule has 1 saturated carbocycles. The number of furan rings is 1. The molecule has 5 rings (SSSR count). The van der Waals surface area contributed by atoms with Crippen molar-refractivity contribution >= 4 is 22.1 Å². The maximum Gasteiger partial charge on any atom is 0.227 e. The Hall–Kier alpha value is -2.68. The molecule has 0 bridgehead atoms. The Morgan fingerprint density at radius 3 is 2.85 bits per heavy atom. The molecule has 0 radical (unpaired) electrons. The maximum absolute atomic E-state index is 8.79. The van der Waals surface area contributed by atoms with E-state index < -0.39 is 12.3 Å². The number of nitrogens with zero attached hydrogens (tertiary/aromatic N) is 2. The summed E-state index contributed by atoms with van der Waals surface area (Å²) in [4.78, 5) is 4.65. The predicted octanol–water partition coefficient (Wildman–Crippen LogP) is 5.44. The van der Waals surface area contributed by atoms with E-state index in [2.05, 4.69) is 34.7 Å². The van der Waals surface area contributed by atoms with Crippen molar-refractivity contribution in [1.82, 2.24) is 4.98 Å². The summed E-state index contributed by atoms with van der Waals surface area (Å²) in [5.74, 6) is -1.33. The lowest BCUT2D eigenvalue weighted by Gasteiger charge is -2.06. The lowest BCUT2D eigenvalue weighted by molar-refractivity contribution is -0.660. The Morgan fingerprint density at radius 2 is 2.04 bits per heavy atom. The normalized spacial score (nSPS) is 23.8. The average molecular weight is 346 g/mol. The average Bonchev–Trinajstić information content (AvgIpc) is 3.19. The van der Waals surface area contributed by atoms with Gasteiger partial charge in [0.1, 0.15) is 7.05 Å². The Balaban J connectivity index is 1.77. The molecule has 4 aromatic rings. The number of aryl methyl sites for hydroxylation is 2. The maximum atomic E-state index is 8.79. The number of aromatic nitrogens is 2. The Kier molecular flexibility index (Phi) is 2.89. The van der Waals surface area contributed by atoms with E-state index in [1.54, 1.807) is 6.07 Å². The van der Waals surface area contributed by atoms with Crippen molar-refractivity contribution < 1.29 is 13.1 Å². The quantitative estimate of drug-likeness (QED) is 0.452. The standard InChI is InChI=1S/C23H23N2O/c1-15-10-11-17-18-12-13-19(16-7-3-4-8-16)24-23(18)26-22(17)21(15)20-9-5-6-14-25(20)2/h5-6,9-14,16H,3-4,7-8H2,1-2H3/q+1/i7D2,16D. The second kappa shape index (κ2) is 5.94. The first-order chi connectivity index (χ1) is 13.8. The van der Waals surface area contributed by atoms with Crippen LogP contribution in [-0.2, 0) is 7.05 Å². The highest BCUT2D eigenvalue weighted by molar-refractivity contribution is 6.08. The second-order valence-corrected chi connectivity index (χ2v) is 6.99. The fourth-order valence-electron chi connectivity index (χ4n) is 3.90. The van der Waals surface area contributed by atoms with Gasteiger partial charge in [0.25, 0.3) is 0 Å². The molecule has 130 valence electrons. The van der Waals surface area contributed by atoms with Crippen LogP contribution < -0.4 is 4.57 Å². The number of rotatable bonds is 2. The zero-order valence-electron chi connectivity index (χ0n) is 18.0. The van der Waals surface area contributed by atoms with Gasteiger partial charge in [-0.3, -0.25) is 0 Å². The van der Waals surface area contributed by atoms with E-state index in [9.17, 15) is 0 Å². The topological polar surface area (TPSA) is 29.9 Å². The minimum absolute atomic E-state index is 0.393. The first-order valence-corrected chi connectivity index (χ1v) is 9.10. The summed E-state index contributed by atoms with van der Waals surface area (Å²) < 4.78 is 33.7. The van der Waals surface area contributed by atoms with Crippen molar-refractivity contribution in [2.24, 2.45) is 7.05 Å². The van der Waals surface area contributed by atoms with Gasteiger partial charge in [-0.2, -0.15) is 0 Å². The molecule has 0 spiro atoms. The Bertz CT molecular complexity index is 1260. The van der Waals surface area contributed by atoms with E-state index in [0.29, 0.717) is 30.7 Å². The highest BCUT2D eigenvalue weighted by atomic mass is 16.3. The number of benzene rings is 1. The van der Waals surface area contributed by atoms with Crippen LogP contribution >= 0.6 is 0 Å². The van der Waals surface area contributed by atoms with Gasteiger partial charge in [0.15, 0.2) is 11.8 Å². The van der Waals surface area contributed by atoms with Crippen molar-refractivity contribution in [2.75, 3.05) is 0 Å². The van der Waals surface area contributed by atoms with Gasteiger partial charge in [0.2, 0.25) is 11.4 Å². The summed E-state index contributed by atoms with van der Waals surface area (Å²) in [7, 11) is 2.01. The van der Waals surface area contributed by atoms with Gasteiger partial charge in [-0.25, -0.2) is 9.55 Å². The van der Waals surface area contributed by atoms with E-state index >= 15 is 0 Å². The van der Waals surface area contributed by atoms with E-state index in [0.717, 1.165) is 33.2 Å². The van der Waals surface area contributed by atoms with E-state index in [-0.39, 0.29) is 0 Å². The van der Waals surface area contributed by atoms with Crippen LogP contribution in [0.1, 0.15) is 46.9 Å². The zero-order chi connectivity index (χ0) is 20.4. The highest BCUT2D eigenvalue weighted by Gasteiger charge is 2.22. The number of pyridine rings is 2. The fourth-order valence-corrected chi connectivity index (χ4v) is 3.90. The van der Waals surface area contributed by atoms with Crippen molar-refractivity contribution in [3.05, 3.63) is 59.9 Å². The van der Waals surface area contributed by atoms with Crippen molar-refractivity contribution in [2.45, 2.75) is 38.5 Å². The van der Waals surface area contributed by atoms with Gasteiger partial charge in [0.05, 0.1) is 5.56 Å². The molecule has 0 N–H and O–H groups in total. The minimum atomic E-state index is -1.58. The van der Waals surface area contributed by atoms with Crippen LogP contribution in [0.5, 0.6) is 0 Å². The second-order valence-electron chi connectivity index (χ2n) is 6.99. The van der Waals surface area contributed by atoms with Gasteiger partial charge < -0.3 is 4.42 Å². The van der Waals surface area contributed by atoms with Crippen molar-refractivity contribution in [1.29, 1.82) is 0 Å². The third-order valence-electron chi connectivity index (χ3n) is 5.28. The smallest absolute Gasteiger partial charge is 0.227 e. The molecule has 3 heteroatoms. The predicted molar refractivity (Wildman–Crippen MR) is 104 cm³/mol. The molecule has 0 saturated heterocycles. The molecule has 26 heavy (non-hydrogen) atoms. The van der Waals surface area contributed by atoms with Crippen molar-refractivity contribution in [3.8, 4) is 11.3 Å². The number of fused-ring (bicyclic) bond motifs is 3. The number of hydrogen-bond acceptors (Lipinski definition) is 2. The number of hydrogen-bond donors (Lipinski definition) is 0. The summed E-state index contributed by atoms with van der Waals surface area (Å²) in [5, 5.41) is 1.88. The largest absolute Gasteiger partial charge is 0.437 e. The summed E-state index contributed by atoms with van der Waals surface area (Å²) in [6, 6.07) is 13.9. The molecule has 0 amide bonds. The summed E-state index contributed by atoms with van der Waals surface area (Å²) in [6.45, 7) is 2.07. The third kappa shape index (κ3) is 2.34. The molecule has 3 heterocycles. The third-order valence-corrected chi connectivity index (χ3v) is 5.28. The lowest BCUT2D eigenvalue weighted by atomic mass is 10.00. The van der Waals surface area contributed by atoms with E-state index in [4.69, 9.17) is 8.53 Å². The van der Waals surface area contributed by atoms with E-state index in [1.807, 2.05) is 31.4 Å². The van der Waals surface area contributed by atoms with Gasteiger partial charge in [-0.05, 0) is 43.5 Å². The van der Waals surface area contributed by atoms with Crippen LogP contribution in [0.3, 0.4) is 0 Å². The van der Waals surface area contributed by atoms with Gasteiger partial charge >= 0.3 is 0 Å². The van der Waals surface area contributed by atoms with Crippen LogP contribution in [0, 0.1) is 6.92 Å². The Morgan fingerprint density at radius 1 is 1.15 bits per heavy atom. The molecule has 1 fully saturated rings. The highest BCUT2D eigenvalue weighted by Crippen LogP contribution is 2.38. The summed E-state index contributed by atoms with van der Waals surface area (Å²) in [5.41, 5.74) is 4.90. The van der Waals surface area contributed by atoms with Crippen molar-refractivity contribution in [3.63, 3.8) is 0 Å². The molecule has 1 aliphatic carbocycles. The molecular weight excluding hydrogens is 320 g/mol. The van der Waals surface area contributed by atoms with Crippen LogP contribution in [0.2, 0.25) is 0 Å². The first-order valence-electron chi connectivity index (χ1n) is 10.6. The summed E-state index contributed by atoms with van der Waals surface area (Å²) >= 11 is 0. The fraction of sp³-hybridized carbons (Fsp3) is 0.304. The molecule has 0 aliphatic heterocycles. The molecular formula is C23H23N2O+. The van der Waals surface area contributed by atoms with Gasteiger partial charge in [-0.1, -0.05) is 25.0 Å². The van der Waals surface area contributed by atoms with Crippen LogP contribution in [-0.4, -0.2) is 4.98 Å². The molecule has 3 aromatic heterocycles. The lowest BCUT2D eigenvalue weighted by Crippen LogP contribution is -2.30. The molecule has 3 nitrogen and oxygen atoms in total. The zero-order valence-corrected chi connectivity index (χ0v) is 15.0. The molecule has 1 aliphatic rings.